The van der Waals surface area contributed by atoms with Crippen molar-refractivity contribution < 1.29 is 24.3 Å². The predicted molar refractivity (Wildman–Crippen MR) is 107 cm³/mol. The molecule has 1 unspecified atom stereocenters. The molecule has 2 N–H and O–H groups in total. The highest BCUT2D eigenvalue weighted by molar-refractivity contribution is 5.94. The molecule has 0 radical (unpaired) electrons. The van der Waals surface area contributed by atoms with E-state index in [2.05, 4.69) is 10.3 Å². The Morgan fingerprint density at radius 1 is 1.23 bits per heavy atom. The third kappa shape index (κ3) is 3.34. The molecule has 9 nitrogen and oxygen atoms in total. The number of aromatic hydroxyl groups is 1. The maximum absolute atomic E-state index is 12.5. The summed E-state index contributed by atoms with van der Waals surface area (Å²) in [5, 5.41) is 25.7. The lowest BCUT2D eigenvalue weighted by atomic mass is 9.94. The van der Waals surface area contributed by atoms with E-state index in [1.807, 2.05) is 0 Å². The van der Waals surface area contributed by atoms with Gasteiger partial charge in [-0.2, -0.15) is 0 Å². The Balaban J connectivity index is 1.93. The molecule has 30 heavy (non-hydrogen) atoms. The van der Waals surface area contributed by atoms with Crippen LogP contribution < -0.4 is 14.8 Å². The molecule has 1 amide bonds. The lowest BCUT2D eigenvalue weighted by Crippen LogP contribution is -2.32. The molecule has 0 saturated heterocycles. The number of amides is 1. The molecule has 2 heterocycles. The van der Waals surface area contributed by atoms with Gasteiger partial charge in [-0.3, -0.25) is 19.9 Å². The van der Waals surface area contributed by atoms with Crippen molar-refractivity contribution in [2.75, 3.05) is 6.79 Å². The second kappa shape index (κ2) is 7.51. The van der Waals surface area contributed by atoms with Crippen LogP contribution in [0.4, 0.5) is 5.69 Å². The molecule has 1 aliphatic rings. The molecule has 0 saturated carbocycles. The number of hydrogen-bond acceptors (Lipinski definition) is 7. The average molecular weight is 409 g/mol. The minimum Gasteiger partial charge on any atom is -0.505 e. The number of nitrogens with zero attached hydrogens (tertiary/aromatic N) is 2. The number of carbonyl (C=O) groups is 1. The van der Waals surface area contributed by atoms with Gasteiger partial charge in [0.2, 0.25) is 12.7 Å². The molecular formula is C21H19N3O6. The maximum Gasteiger partial charge on any atom is 0.279 e. The standard InChI is InChI=1S/C21H19N3O6/c1-11(2)21(26)23-18(12-5-6-16-17(8-12)30-10-29-16)14-9-15(24(27)28)13-4-3-7-22-19(13)20(14)25/h3-9,11,18,25H,10H2,1-2H3,(H,23,26). The number of nitrogens with one attached hydrogen (secondary N) is 1. The highest BCUT2D eigenvalue weighted by Crippen LogP contribution is 2.41. The van der Waals surface area contributed by atoms with Gasteiger partial charge in [0.15, 0.2) is 11.5 Å². The number of carbonyl (C=O) groups excluding carboxylic acids is 1. The smallest absolute Gasteiger partial charge is 0.279 e. The number of aromatic nitrogens is 1. The minimum atomic E-state index is -0.862. The van der Waals surface area contributed by atoms with Crippen molar-refractivity contribution in [2.24, 2.45) is 5.92 Å². The first kappa shape index (κ1) is 19.4. The van der Waals surface area contributed by atoms with E-state index in [1.165, 1.54) is 18.3 Å². The van der Waals surface area contributed by atoms with Gasteiger partial charge < -0.3 is 19.9 Å². The fraction of sp³-hybridized carbons (Fsp3) is 0.238. The number of nitro benzene ring substituents is 1. The lowest BCUT2D eigenvalue weighted by Gasteiger charge is -2.22. The fourth-order valence-electron chi connectivity index (χ4n) is 3.34. The largest absolute Gasteiger partial charge is 0.505 e. The van der Waals surface area contributed by atoms with E-state index in [1.54, 1.807) is 38.1 Å². The summed E-state index contributed by atoms with van der Waals surface area (Å²) in [7, 11) is 0. The van der Waals surface area contributed by atoms with E-state index in [4.69, 9.17) is 9.47 Å². The summed E-state index contributed by atoms with van der Waals surface area (Å²) in [6, 6.07) is 8.58. The Hall–Kier alpha value is -3.88. The van der Waals surface area contributed by atoms with Gasteiger partial charge in [0.05, 0.1) is 16.4 Å². The van der Waals surface area contributed by atoms with E-state index >= 15 is 0 Å². The fourth-order valence-corrected chi connectivity index (χ4v) is 3.34. The van der Waals surface area contributed by atoms with Gasteiger partial charge in [0.25, 0.3) is 5.69 Å². The number of phenolic OH excluding ortho intramolecular Hbond substituents is 1. The summed E-state index contributed by atoms with van der Waals surface area (Å²) < 4.78 is 10.8. The van der Waals surface area contributed by atoms with Crippen LogP contribution in [0.3, 0.4) is 0 Å². The molecule has 154 valence electrons. The Morgan fingerprint density at radius 3 is 2.73 bits per heavy atom. The van der Waals surface area contributed by atoms with Crippen molar-refractivity contribution in [1.82, 2.24) is 10.3 Å². The molecule has 0 fully saturated rings. The van der Waals surface area contributed by atoms with Gasteiger partial charge >= 0.3 is 0 Å². The Labute approximate surface area is 171 Å². The van der Waals surface area contributed by atoms with E-state index in [0.29, 0.717) is 17.1 Å². The third-order valence-electron chi connectivity index (χ3n) is 4.92. The zero-order valence-corrected chi connectivity index (χ0v) is 16.3. The molecule has 1 aromatic heterocycles. The van der Waals surface area contributed by atoms with Gasteiger partial charge in [-0.1, -0.05) is 19.9 Å². The van der Waals surface area contributed by atoms with E-state index in [-0.39, 0.29) is 46.5 Å². The van der Waals surface area contributed by atoms with Gasteiger partial charge in [-0.25, -0.2) is 0 Å². The second-order valence-electron chi connectivity index (χ2n) is 7.20. The Kier molecular flexibility index (Phi) is 4.86. The summed E-state index contributed by atoms with van der Waals surface area (Å²) in [5.41, 5.74) is 0.621. The molecule has 0 bridgehead atoms. The van der Waals surface area contributed by atoms with E-state index in [9.17, 15) is 20.0 Å². The van der Waals surface area contributed by atoms with Crippen LogP contribution in [-0.2, 0) is 4.79 Å². The van der Waals surface area contributed by atoms with Crippen molar-refractivity contribution in [2.45, 2.75) is 19.9 Å². The quantitative estimate of drug-likeness (QED) is 0.489. The SMILES string of the molecule is CC(C)C(=O)NC(c1ccc2c(c1)OCO2)c1cc([N+](=O)[O-])c2cccnc2c1O. The topological polar surface area (TPSA) is 124 Å². The molecular weight excluding hydrogens is 390 g/mol. The van der Waals surface area contributed by atoms with Gasteiger partial charge in [0, 0.05) is 23.7 Å². The van der Waals surface area contributed by atoms with Crippen LogP contribution in [0.1, 0.15) is 31.0 Å². The number of fused-ring (bicyclic) bond motifs is 2. The molecule has 0 aliphatic carbocycles. The summed E-state index contributed by atoms with van der Waals surface area (Å²) in [4.78, 5) is 27.8. The van der Waals surface area contributed by atoms with E-state index in [0.717, 1.165) is 0 Å². The summed E-state index contributed by atoms with van der Waals surface area (Å²) in [5.74, 6) is 0.202. The van der Waals surface area contributed by atoms with Crippen molar-refractivity contribution in [3.8, 4) is 17.2 Å². The van der Waals surface area contributed by atoms with Crippen LogP contribution in [0.15, 0.2) is 42.6 Å². The van der Waals surface area contributed by atoms with Crippen LogP contribution >= 0.6 is 0 Å². The summed E-state index contributed by atoms with van der Waals surface area (Å²) >= 11 is 0. The first-order chi connectivity index (χ1) is 14.4. The first-order valence-corrected chi connectivity index (χ1v) is 9.31. The monoisotopic (exact) mass is 409 g/mol. The van der Waals surface area contributed by atoms with Crippen LogP contribution in [0.2, 0.25) is 0 Å². The third-order valence-corrected chi connectivity index (χ3v) is 4.92. The molecule has 1 aliphatic heterocycles. The summed E-state index contributed by atoms with van der Waals surface area (Å²) in [6.45, 7) is 3.55. The molecule has 2 aromatic carbocycles. The summed E-state index contributed by atoms with van der Waals surface area (Å²) in [6.07, 6.45) is 1.44. The average Bonchev–Trinajstić information content (AvgIpc) is 3.20. The minimum absolute atomic E-state index is 0.0818. The van der Waals surface area contributed by atoms with Gasteiger partial charge in [-0.05, 0) is 29.8 Å². The van der Waals surface area contributed by atoms with Crippen LogP contribution in [-0.4, -0.2) is 27.7 Å². The molecule has 4 rings (SSSR count). The van der Waals surface area contributed by atoms with Crippen molar-refractivity contribution in [1.29, 1.82) is 0 Å². The molecule has 9 heteroatoms. The Bertz CT molecular complexity index is 1160. The Morgan fingerprint density at radius 2 is 2.00 bits per heavy atom. The number of hydrogen-bond donors (Lipinski definition) is 2. The zero-order valence-electron chi connectivity index (χ0n) is 16.3. The van der Waals surface area contributed by atoms with E-state index < -0.39 is 11.0 Å². The van der Waals surface area contributed by atoms with Crippen LogP contribution in [0, 0.1) is 16.0 Å². The maximum atomic E-state index is 12.5. The normalized spacial score (nSPS) is 13.4. The number of rotatable bonds is 5. The number of benzene rings is 2. The van der Waals surface area contributed by atoms with Crippen LogP contribution in [0.5, 0.6) is 17.2 Å². The number of phenols is 1. The number of pyridine rings is 1. The number of nitro groups is 1. The van der Waals surface area contributed by atoms with Crippen molar-refractivity contribution in [3.63, 3.8) is 0 Å². The predicted octanol–water partition coefficient (Wildman–Crippen LogP) is 3.44. The number of non-ortho nitro benzene ring substituents is 1. The lowest BCUT2D eigenvalue weighted by molar-refractivity contribution is -0.383. The first-order valence-electron chi connectivity index (χ1n) is 9.31. The zero-order chi connectivity index (χ0) is 21.4. The molecule has 1 atom stereocenters. The van der Waals surface area contributed by atoms with Gasteiger partial charge in [0.1, 0.15) is 11.3 Å². The van der Waals surface area contributed by atoms with Gasteiger partial charge in [-0.15, -0.1) is 0 Å². The second-order valence-corrected chi connectivity index (χ2v) is 7.20. The highest BCUT2D eigenvalue weighted by Gasteiger charge is 2.28. The van der Waals surface area contributed by atoms with Crippen LogP contribution in [0.25, 0.3) is 10.9 Å². The molecule has 3 aromatic rings. The number of ether oxygens (including phenoxy) is 2. The van der Waals surface area contributed by atoms with Crippen molar-refractivity contribution in [3.05, 3.63) is 63.8 Å². The molecule has 0 spiro atoms. The van der Waals surface area contributed by atoms with Crippen molar-refractivity contribution >= 4 is 22.5 Å². The highest BCUT2D eigenvalue weighted by atomic mass is 16.7.